The zero-order valence-corrected chi connectivity index (χ0v) is 19.2. The lowest BCUT2D eigenvalue weighted by molar-refractivity contribution is 0.0950. The Morgan fingerprint density at radius 3 is 2.24 bits per heavy atom. The maximum Gasteiger partial charge on any atom is 0.251 e. The Bertz CT molecular complexity index is 1380. The predicted octanol–water partition coefficient (Wildman–Crippen LogP) is 7.20. The molecule has 0 atom stereocenters. The topological polar surface area (TPSA) is 51.2 Å². The highest BCUT2D eigenvalue weighted by Crippen LogP contribution is 2.29. The lowest BCUT2D eigenvalue weighted by Gasteiger charge is -2.09. The molecular formula is C29H22N2O2S. The Morgan fingerprint density at radius 1 is 0.765 bits per heavy atom. The number of carbonyl (C=O) groups excluding carboxylic acids is 1. The summed E-state index contributed by atoms with van der Waals surface area (Å²) in [6, 6.07) is 35.0. The van der Waals surface area contributed by atoms with Crippen LogP contribution >= 0.6 is 11.3 Å². The molecule has 0 saturated carbocycles. The zero-order chi connectivity index (χ0) is 23.2. The number of thiazole rings is 1. The number of hydrogen-bond donors (Lipinski definition) is 1. The third-order valence-electron chi connectivity index (χ3n) is 5.30. The van der Waals surface area contributed by atoms with E-state index in [1.54, 1.807) is 23.5 Å². The monoisotopic (exact) mass is 462 g/mol. The normalized spacial score (nSPS) is 10.6. The fourth-order valence-electron chi connectivity index (χ4n) is 3.52. The maximum absolute atomic E-state index is 12.7. The van der Waals surface area contributed by atoms with Crippen LogP contribution in [-0.4, -0.2) is 10.9 Å². The van der Waals surface area contributed by atoms with Gasteiger partial charge in [0.1, 0.15) is 16.5 Å². The molecule has 166 valence electrons. The van der Waals surface area contributed by atoms with Gasteiger partial charge in [0.25, 0.3) is 5.91 Å². The number of amides is 1. The Hall–Kier alpha value is -4.22. The minimum atomic E-state index is -0.144. The fourth-order valence-corrected chi connectivity index (χ4v) is 4.36. The molecule has 0 unspecified atom stereocenters. The number of nitrogens with zero attached hydrogens (tertiary/aromatic N) is 1. The van der Waals surface area contributed by atoms with Crippen molar-refractivity contribution in [1.29, 1.82) is 0 Å². The third kappa shape index (κ3) is 5.22. The highest BCUT2D eigenvalue weighted by molar-refractivity contribution is 7.13. The molecule has 34 heavy (non-hydrogen) atoms. The first-order valence-electron chi connectivity index (χ1n) is 11.0. The van der Waals surface area contributed by atoms with Crippen molar-refractivity contribution in [2.45, 2.75) is 6.54 Å². The first-order valence-corrected chi connectivity index (χ1v) is 11.8. The van der Waals surface area contributed by atoms with Gasteiger partial charge in [0.2, 0.25) is 0 Å². The summed E-state index contributed by atoms with van der Waals surface area (Å²) < 4.78 is 5.83. The minimum Gasteiger partial charge on any atom is -0.457 e. The summed E-state index contributed by atoms with van der Waals surface area (Å²) in [6.45, 7) is 0.440. The molecule has 0 spiro atoms. The van der Waals surface area contributed by atoms with Crippen LogP contribution in [0.2, 0.25) is 0 Å². The largest absolute Gasteiger partial charge is 0.457 e. The number of aromatic nitrogens is 1. The zero-order valence-electron chi connectivity index (χ0n) is 18.3. The first kappa shape index (κ1) is 21.6. The second-order valence-electron chi connectivity index (χ2n) is 7.73. The molecule has 5 heteroatoms. The molecule has 5 aromatic rings. The Kier molecular flexibility index (Phi) is 6.45. The standard InChI is InChI=1S/C29H22N2O2S/c32-28(24-10-7-13-26(18-24)33-25-11-5-2-6-12-25)30-19-21-14-16-23(17-15-21)29-31-27(20-34-29)22-8-3-1-4-9-22/h1-18,20H,19H2,(H,30,32). The summed E-state index contributed by atoms with van der Waals surface area (Å²) >= 11 is 1.63. The van der Waals surface area contributed by atoms with Crippen molar-refractivity contribution in [3.8, 4) is 33.3 Å². The van der Waals surface area contributed by atoms with Crippen molar-refractivity contribution in [2.75, 3.05) is 0 Å². The first-order chi connectivity index (χ1) is 16.7. The Labute approximate surface area is 202 Å². The van der Waals surface area contributed by atoms with Crippen molar-refractivity contribution in [2.24, 2.45) is 0 Å². The molecule has 1 heterocycles. The molecule has 0 radical (unpaired) electrons. The second kappa shape index (κ2) is 10.1. The van der Waals surface area contributed by atoms with Crippen LogP contribution < -0.4 is 10.1 Å². The summed E-state index contributed by atoms with van der Waals surface area (Å²) in [4.78, 5) is 17.4. The van der Waals surface area contributed by atoms with Crippen molar-refractivity contribution < 1.29 is 9.53 Å². The van der Waals surface area contributed by atoms with Gasteiger partial charge in [-0.1, -0.05) is 78.9 Å². The van der Waals surface area contributed by atoms with Crippen LogP contribution in [-0.2, 0) is 6.54 Å². The minimum absolute atomic E-state index is 0.144. The van der Waals surface area contributed by atoms with Crippen LogP contribution in [0.4, 0.5) is 0 Å². The van der Waals surface area contributed by atoms with E-state index in [4.69, 9.17) is 9.72 Å². The number of carbonyl (C=O) groups is 1. The molecule has 1 amide bonds. The van der Waals surface area contributed by atoms with Crippen molar-refractivity contribution >= 4 is 17.2 Å². The lowest BCUT2D eigenvalue weighted by Crippen LogP contribution is -2.22. The molecular weight excluding hydrogens is 440 g/mol. The highest BCUT2D eigenvalue weighted by Gasteiger charge is 2.09. The van der Waals surface area contributed by atoms with Crippen molar-refractivity contribution in [1.82, 2.24) is 10.3 Å². The summed E-state index contributed by atoms with van der Waals surface area (Å²) in [5, 5.41) is 6.04. The fraction of sp³-hybridized carbons (Fsp3) is 0.0345. The molecule has 0 aliphatic rings. The summed E-state index contributed by atoms with van der Waals surface area (Å²) in [5.74, 6) is 1.22. The number of rotatable bonds is 7. The molecule has 1 N–H and O–H groups in total. The Morgan fingerprint density at radius 2 is 1.47 bits per heavy atom. The molecule has 0 aliphatic heterocycles. The second-order valence-corrected chi connectivity index (χ2v) is 8.58. The average molecular weight is 463 g/mol. The van der Waals surface area contributed by atoms with Crippen molar-refractivity contribution in [3.05, 3.63) is 126 Å². The van der Waals surface area contributed by atoms with E-state index in [2.05, 4.69) is 22.8 Å². The summed E-state index contributed by atoms with van der Waals surface area (Å²) in [7, 11) is 0. The van der Waals surface area contributed by atoms with Gasteiger partial charge in [0.05, 0.1) is 5.69 Å². The van der Waals surface area contributed by atoms with Gasteiger partial charge < -0.3 is 10.1 Å². The van der Waals surface area contributed by atoms with E-state index >= 15 is 0 Å². The molecule has 1 aromatic heterocycles. The van der Waals surface area contributed by atoms with Gasteiger partial charge in [-0.15, -0.1) is 11.3 Å². The molecule has 4 aromatic carbocycles. The summed E-state index contributed by atoms with van der Waals surface area (Å²) in [6.07, 6.45) is 0. The van der Waals surface area contributed by atoms with Gasteiger partial charge in [-0.25, -0.2) is 4.98 Å². The van der Waals surface area contributed by atoms with Gasteiger partial charge >= 0.3 is 0 Å². The molecule has 0 bridgehead atoms. The number of para-hydroxylation sites is 1. The average Bonchev–Trinajstić information content (AvgIpc) is 3.39. The predicted molar refractivity (Wildman–Crippen MR) is 137 cm³/mol. The third-order valence-corrected chi connectivity index (χ3v) is 6.19. The van der Waals surface area contributed by atoms with Crippen LogP contribution in [0.25, 0.3) is 21.8 Å². The van der Waals surface area contributed by atoms with Crippen molar-refractivity contribution in [3.63, 3.8) is 0 Å². The summed E-state index contributed by atoms with van der Waals surface area (Å²) in [5.41, 5.74) is 4.74. The van der Waals surface area contributed by atoms with E-state index in [0.29, 0.717) is 17.9 Å². The quantitative estimate of drug-likeness (QED) is 0.278. The van der Waals surface area contributed by atoms with Crippen LogP contribution in [0.15, 0.2) is 115 Å². The number of ether oxygens (including phenoxy) is 1. The van der Waals surface area contributed by atoms with Gasteiger partial charge in [-0.3, -0.25) is 4.79 Å². The van der Waals surface area contributed by atoms with Crippen LogP contribution in [0, 0.1) is 0 Å². The lowest BCUT2D eigenvalue weighted by atomic mass is 10.1. The van der Waals surface area contributed by atoms with Gasteiger partial charge in [0, 0.05) is 28.6 Å². The molecule has 4 nitrogen and oxygen atoms in total. The maximum atomic E-state index is 12.7. The molecule has 0 saturated heterocycles. The van der Waals surface area contributed by atoms with E-state index < -0.39 is 0 Å². The number of hydrogen-bond acceptors (Lipinski definition) is 4. The molecule has 0 fully saturated rings. The van der Waals surface area contributed by atoms with E-state index in [9.17, 15) is 4.79 Å². The van der Waals surface area contributed by atoms with E-state index in [0.717, 1.165) is 33.1 Å². The number of nitrogens with one attached hydrogen (secondary N) is 1. The molecule has 5 rings (SSSR count). The SMILES string of the molecule is O=C(NCc1ccc(-c2nc(-c3ccccc3)cs2)cc1)c1cccc(Oc2ccccc2)c1. The number of benzene rings is 4. The van der Waals surface area contributed by atoms with E-state index in [-0.39, 0.29) is 5.91 Å². The van der Waals surface area contributed by atoms with Crippen LogP contribution in [0.1, 0.15) is 15.9 Å². The van der Waals surface area contributed by atoms with Gasteiger partial charge in [0.15, 0.2) is 0 Å². The van der Waals surface area contributed by atoms with Gasteiger partial charge in [-0.2, -0.15) is 0 Å². The van der Waals surface area contributed by atoms with Crippen LogP contribution in [0.5, 0.6) is 11.5 Å². The van der Waals surface area contributed by atoms with Crippen LogP contribution in [0.3, 0.4) is 0 Å². The van der Waals surface area contributed by atoms with E-state index in [1.165, 1.54) is 0 Å². The Balaban J connectivity index is 1.20. The highest BCUT2D eigenvalue weighted by atomic mass is 32.1. The molecule has 0 aliphatic carbocycles. The smallest absolute Gasteiger partial charge is 0.251 e. The van der Waals surface area contributed by atoms with Gasteiger partial charge in [-0.05, 0) is 35.9 Å². The van der Waals surface area contributed by atoms with E-state index in [1.807, 2.05) is 84.9 Å².